The number of unbranched alkanes of at least 4 members (excludes halogenated alkanes) is 15. The van der Waals surface area contributed by atoms with E-state index in [1.165, 1.54) is 133 Å². The predicted molar refractivity (Wildman–Crippen MR) is 244 cm³/mol. The van der Waals surface area contributed by atoms with Gasteiger partial charge in [0.15, 0.2) is 17.2 Å². The molecule has 4 rings (SSSR count). The van der Waals surface area contributed by atoms with Crippen LogP contribution in [0.15, 0.2) is 49.3 Å². The summed E-state index contributed by atoms with van der Waals surface area (Å²) in [6.45, 7) is 4.58. The molecule has 0 aliphatic heterocycles. The van der Waals surface area contributed by atoms with Crippen molar-refractivity contribution in [2.24, 2.45) is 0 Å². The summed E-state index contributed by atoms with van der Waals surface area (Å²) in [5.74, 6) is -1.47. The summed E-state index contributed by atoms with van der Waals surface area (Å²) in [6, 6.07) is 12.7. The van der Waals surface area contributed by atoms with Crippen molar-refractivity contribution in [3.8, 4) is 17.8 Å². The molecule has 0 aliphatic carbocycles. The number of nitrogen functional groups attached to an aromatic ring is 1. The highest BCUT2D eigenvalue weighted by atomic mass is 31.2. The molecule has 4 N–H and O–H groups in total. The molecule has 4 aromatic rings. The van der Waals surface area contributed by atoms with Crippen molar-refractivity contribution in [3.63, 3.8) is 0 Å². The highest BCUT2D eigenvalue weighted by Gasteiger charge is 2.40. The number of nitrogens with zero attached hydrogens (tertiary/aromatic N) is 8. The van der Waals surface area contributed by atoms with Crippen LogP contribution in [0.2, 0.25) is 0 Å². The number of methoxy groups -OCH3 is 1. The molecule has 0 fully saturated rings. The van der Waals surface area contributed by atoms with Crippen LogP contribution in [0.5, 0.6) is 0 Å². The van der Waals surface area contributed by atoms with Crippen molar-refractivity contribution in [2.75, 3.05) is 39.3 Å². The number of phosphoric ester groups is 1. The van der Waals surface area contributed by atoms with E-state index in [9.17, 15) is 25.1 Å². The van der Waals surface area contributed by atoms with Crippen molar-refractivity contribution in [1.82, 2.24) is 29.4 Å². The summed E-state index contributed by atoms with van der Waals surface area (Å²) in [5, 5.41) is 39.1. The summed E-state index contributed by atoms with van der Waals surface area (Å²) >= 11 is 0. The average Bonchev–Trinajstić information content (AvgIpc) is 3.99. The molecule has 3 heterocycles. The molecule has 18 nitrogen and oxygen atoms in total. The minimum absolute atomic E-state index is 0.0508. The number of ether oxygens (including phenoxy) is 4. The molecular formula is C46H70N9O9P. The molecule has 0 bridgehead atoms. The molecule has 0 spiro atoms. The number of benzene rings is 1. The Morgan fingerprint density at radius 3 is 2.12 bits per heavy atom. The molecule has 358 valence electrons. The van der Waals surface area contributed by atoms with Crippen LogP contribution in [0.25, 0.3) is 11.2 Å². The first-order valence-corrected chi connectivity index (χ1v) is 24.5. The van der Waals surface area contributed by atoms with Gasteiger partial charge in [0.1, 0.15) is 55.5 Å². The number of aromatic nitrogens is 6. The summed E-state index contributed by atoms with van der Waals surface area (Å²) < 4.78 is 50.9. The predicted octanol–water partition coefficient (Wildman–Crippen LogP) is 8.85. The highest BCUT2D eigenvalue weighted by Crippen LogP contribution is 2.45. The average molecular weight is 924 g/mol. The molecular weight excluding hydrogens is 854 g/mol. The second-order valence-corrected chi connectivity index (χ2v) is 18.4. The lowest BCUT2D eigenvalue weighted by Crippen LogP contribution is -2.39. The van der Waals surface area contributed by atoms with Gasteiger partial charge in [-0.05, 0) is 50.1 Å². The third kappa shape index (κ3) is 18.8. The van der Waals surface area contributed by atoms with E-state index in [-0.39, 0.29) is 25.5 Å². The van der Waals surface area contributed by atoms with Crippen molar-refractivity contribution in [3.05, 3.63) is 66.1 Å². The van der Waals surface area contributed by atoms with Crippen molar-refractivity contribution in [2.45, 2.75) is 160 Å². The number of hydrogen-bond donors (Lipinski definition) is 3. The highest BCUT2D eigenvalue weighted by molar-refractivity contribution is 7.47. The second-order valence-electron chi connectivity index (χ2n) is 16.9. The van der Waals surface area contributed by atoms with E-state index in [0.717, 1.165) is 19.3 Å². The maximum atomic E-state index is 13.4. The van der Waals surface area contributed by atoms with Crippen molar-refractivity contribution >= 4 is 19.2 Å². The number of aliphatic hydroxyl groups is 1. The Morgan fingerprint density at radius 1 is 0.877 bits per heavy atom. The molecule has 65 heavy (non-hydrogen) atoms. The van der Waals surface area contributed by atoms with Crippen molar-refractivity contribution in [1.29, 1.82) is 10.5 Å². The first-order chi connectivity index (χ1) is 31.3. The Balaban J connectivity index is 1.30. The number of phosphoric acid groups is 1. The van der Waals surface area contributed by atoms with Crippen LogP contribution >= 0.6 is 7.82 Å². The number of hydrogen-bond acceptors (Lipinski definition) is 15. The normalized spacial score (nSPS) is 14.7. The fourth-order valence-electron chi connectivity index (χ4n) is 7.41. The maximum absolute atomic E-state index is 13.4. The lowest BCUT2D eigenvalue weighted by atomic mass is 9.96. The molecule has 0 saturated carbocycles. The van der Waals surface area contributed by atoms with Crippen molar-refractivity contribution < 1.29 is 42.6 Å². The Morgan fingerprint density at radius 2 is 1.54 bits per heavy atom. The summed E-state index contributed by atoms with van der Waals surface area (Å²) in [4.78, 5) is 18.9. The zero-order valence-corrected chi connectivity index (χ0v) is 39.6. The third-order valence-electron chi connectivity index (χ3n) is 11.0. The van der Waals surface area contributed by atoms with Gasteiger partial charge in [-0.1, -0.05) is 109 Å². The topological polar surface area (TPSA) is 247 Å². The first-order valence-electron chi connectivity index (χ1n) is 23.0. The van der Waals surface area contributed by atoms with E-state index in [2.05, 4.69) is 33.2 Å². The largest absolute Gasteiger partial charge is 0.472 e. The summed E-state index contributed by atoms with van der Waals surface area (Å²) in [6.07, 6.45) is 22.2. The molecule has 0 saturated heterocycles. The molecule has 1 unspecified atom stereocenters. The van der Waals surface area contributed by atoms with E-state index in [0.29, 0.717) is 34.6 Å². The SMILES string of the molecule is CCCCCCCCCCCCCCCCCCOC[C@H](COP(=O)(O)OC[C@](C#N)(C[C@@H](OC(C)(C)O)c1ccc2c(N)ncnn12)OC)OCc1ccc(C#N)c(-n2cncn2)c1. The van der Waals surface area contributed by atoms with Gasteiger partial charge in [-0.25, -0.2) is 23.7 Å². The van der Waals surface area contributed by atoms with Crippen LogP contribution in [0.3, 0.4) is 0 Å². The maximum Gasteiger partial charge on any atom is 0.472 e. The van der Waals surface area contributed by atoms with Crippen LogP contribution in [-0.2, 0) is 39.2 Å². The van der Waals surface area contributed by atoms with E-state index in [1.807, 2.05) is 6.07 Å². The number of fused-ring (bicyclic) bond motifs is 1. The molecule has 0 amide bonds. The minimum Gasteiger partial charge on any atom is -0.382 e. The van der Waals surface area contributed by atoms with Gasteiger partial charge in [0, 0.05) is 20.1 Å². The number of rotatable bonds is 35. The first kappa shape index (κ1) is 53.3. The Hall–Kier alpha value is -4.33. The fraction of sp³-hybridized carbons (Fsp3) is 0.652. The Labute approximate surface area is 384 Å². The van der Waals surface area contributed by atoms with Gasteiger partial charge in [-0.15, -0.1) is 0 Å². The van der Waals surface area contributed by atoms with E-state index in [4.69, 9.17) is 33.7 Å². The summed E-state index contributed by atoms with van der Waals surface area (Å²) in [7, 11) is -3.58. The van der Waals surface area contributed by atoms with Crippen LogP contribution < -0.4 is 5.73 Å². The van der Waals surface area contributed by atoms with Crippen LogP contribution in [0.1, 0.15) is 153 Å². The lowest BCUT2D eigenvalue weighted by Gasteiger charge is -2.32. The molecule has 0 aliphatic rings. The lowest BCUT2D eigenvalue weighted by molar-refractivity contribution is -0.219. The number of anilines is 1. The van der Waals surface area contributed by atoms with Gasteiger partial charge in [0.05, 0.1) is 36.8 Å². The fourth-order valence-corrected chi connectivity index (χ4v) is 8.21. The number of nitriles is 2. The van der Waals surface area contributed by atoms with E-state index >= 15 is 0 Å². The van der Waals surface area contributed by atoms with Gasteiger partial charge >= 0.3 is 7.82 Å². The molecule has 3 aromatic heterocycles. The summed E-state index contributed by atoms with van der Waals surface area (Å²) in [5.41, 5.74) is 6.66. The second kappa shape index (κ2) is 28.0. The zero-order chi connectivity index (χ0) is 47.0. The Bertz CT molecular complexity index is 2100. The number of nitrogens with two attached hydrogens (primary N) is 1. The van der Waals surface area contributed by atoms with Crippen LogP contribution in [0.4, 0.5) is 5.82 Å². The van der Waals surface area contributed by atoms with E-state index < -0.39 is 44.6 Å². The van der Waals surface area contributed by atoms with Crippen LogP contribution in [0, 0.1) is 22.7 Å². The van der Waals surface area contributed by atoms with Crippen LogP contribution in [-0.4, -0.2) is 90.4 Å². The monoisotopic (exact) mass is 924 g/mol. The molecule has 0 radical (unpaired) electrons. The standard InChI is InChI=1S/C46H70N9O9P/c1-5-6-7-8-9-10-11-12-13-14-15-16-17-18-19-20-25-60-30-39(61-29-37-21-22-38(28-47)42(26-37)54-36-50-34-52-54)31-62-65(57,58)63-33-46(32-48,59-4)27-43(64-45(2,3)56)40-23-24-41-44(49)51-35-53-55(40)41/h21-24,26,34-36,39,43,56H,5-20,25,27,29-31,33H2,1-4H3,(H,57,58)(H2,49,51,53)/t39-,43-,46-/m1/s1. The van der Waals surface area contributed by atoms with E-state index in [1.54, 1.807) is 30.3 Å². The Kier molecular flexibility index (Phi) is 22.9. The van der Waals surface area contributed by atoms with Gasteiger partial charge in [0.2, 0.25) is 0 Å². The van der Waals surface area contributed by atoms with Gasteiger partial charge in [0.25, 0.3) is 0 Å². The molecule has 1 aromatic carbocycles. The smallest absolute Gasteiger partial charge is 0.382 e. The van der Waals surface area contributed by atoms with Gasteiger partial charge in [-0.3, -0.25) is 9.05 Å². The zero-order valence-electron chi connectivity index (χ0n) is 38.7. The third-order valence-corrected chi connectivity index (χ3v) is 12.0. The molecule has 19 heteroatoms. The van der Waals surface area contributed by atoms with Gasteiger partial charge in [-0.2, -0.15) is 20.7 Å². The van der Waals surface area contributed by atoms with Gasteiger partial charge < -0.3 is 34.7 Å². The molecule has 4 atom stereocenters. The quantitative estimate of drug-likeness (QED) is 0.0221. The minimum atomic E-state index is -4.84.